The first kappa shape index (κ1) is 16.4. The van der Waals surface area contributed by atoms with E-state index in [2.05, 4.69) is 10.3 Å². The zero-order valence-corrected chi connectivity index (χ0v) is 15.0. The molecule has 3 amide bonds. The minimum absolute atomic E-state index is 0.0632. The van der Waals surface area contributed by atoms with Gasteiger partial charge >= 0.3 is 6.03 Å². The Morgan fingerprint density at radius 2 is 2.08 bits per heavy atom. The average molecular weight is 377 g/mol. The number of thiazole rings is 1. The largest absolute Gasteiger partial charge is 0.380 e. The topological polar surface area (TPSA) is 65.5 Å². The number of amides is 3. The Kier molecular flexibility index (Phi) is 4.35. The number of carbonyl (C=O) groups excluding carboxylic acids is 2. The van der Waals surface area contributed by atoms with Crippen molar-refractivity contribution in [2.75, 3.05) is 11.9 Å². The Labute approximate surface area is 154 Å². The van der Waals surface area contributed by atoms with Gasteiger partial charge in [-0.25, -0.2) is 9.78 Å². The molecule has 2 saturated heterocycles. The third-order valence-electron chi connectivity index (χ3n) is 4.57. The van der Waals surface area contributed by atoms with Crippen LogP contribution in [0.4, 0.5) is 10.5 Å². The van der Waals surface area contributed by atoms with Crippen molar-refractivity contribution in [2.24, 2.45) is 0 Å². The first-order valence-corrected chi connectivity index (χ1v) is 9.36. The van der Waals surface area contributed by atoms with E-state index in [0.29, 0.717) is 24.1 Å². The molecule has 2 aliphatic rings. The molecule has 6 nitrogen and oxygen atoms in total. The van der Waals surface area contributed by atoms with Crippen LogP contribution in [0.1, 0.15) is 23.3 Å². The molecular weight excluding hydrogens is 360 g/mol. The van der Waals surface area contributed by atoms with E-state index in [0.717, 1.165) is 29.0 Å². The molecule has 25 heavy (non-hydrogen) atoms. The van der Waals surface area contributed by atoms with Crippen molar-refractivity contribution < 1.29 is 9.59 Å². The van der Waals surface area contributed by atoms with Crippen molar-refractivity contribution in [2.45, 2.75) is 32.0 Å². The minimum Gasteiger partial charge on any atom is -0.380 e. The highest BCUT2D eigenvalue weighted by Crippen LogP contribution is 2.28. The summed E-state index contributed by atoms with van der Waals surface area (Å²) in [5.41, 5.74) is 1.90. The molecule has 0 radical (unpaired) electrons. The van der Waals surface area contributed by atoms with Gasteiger partial charge in [-0.15, -0.1) is 11.3 Å². The predicted molar refractivity (Wildman–Crippen MR) is 96.6 cm³/mol. The second kappa shape index (κ2) is 6.65. The number of halogens is 1. The third kappa shape index (κ3) is 3.21. The number of fused-ring (bicyclic) bond motifs is 1. The number of carbonyl (C=O) groups is 2. The van der Waals surface area contributed by atoms with Gasteiger partial charge < -0.3 is 10.2 Å². The van der Waals surface area contributed by atoms with E-state index < -0.39 is 0 Å². The van der Waals surface area contributed by atoms with Gasteiger partial charge in [0.2, 0.25) is 0 Å². The lowest BCUT2D eigenvalue weighted by Crippen LogP contribution is -2.32. The SMILES string of the molecule is O=C1C2CCCN2C(=O)N1Cc1ccc(NCc2cnc(Cl)s2)cc1. The highest BCUT2D eigenvalue weighted by Gasteiger charge is 2.47. The number of anilines is 1. The molecule has 4 rings (SSSR count). The minimum atomic E-state index is -0.236. The molecule has 0 saturated carbocycles. The lowest BCUT2D eigenvalue weighted by molar-refractivity contribution is -0.128. The fourth-order valence-electron chi connectivity index (χ4n) is 3.29. The van der Waals surface area contributed by atoms with Gasteiger partial charge in [0.05, 0.1) is 13.1 Å². The molecule has 1 aromatic carbocycles. The predicted octanol–water partition coefficient (Wildman–Crippen LogP) is 3.34. The van der Waals surface area contributed by atoms with Gasteiger partial charge in [-0.05, 0) is 30.5 Å². The van der Waals surface area contributed by atoms with Gasteiger partial charge in [0.25, 0.3) is 5.91 Å². The molecule has 1 aromatic heterocycles. The van der Waals surface area contributed by atoms with E-state index in [4.69, 9.17) is 11.6 Å². The van der Waals surface area contributed by atoms with Crippen molar-refractivity contribution in [3.05, 3.63) is 45.4 Å². The second-order valence-electron chi connectivity index (χ2n) is 6.19. The number of rotatable bonds is 5. The normalized spacial score (nSPS) is 19.6. The van der Waals surface area contributed by atoms with Gasteiger partial charge in [0.1, 0.15) is 6.04 Å². The van der Waals surface area contributed by atoms with E-state index in [9.17, 15) is 9.59 Å². The van der Waals surface area contributed by atoms with Crippen molar-refractivity contribution in [3.8, 4) is 0 Å². The highest BCUT2D eigenvalue weighted by molar-refractivity contribution is 7.15. The van der Waals surface area contributed by atoms with E-state index in [1.54, 1.807) is 11.1 Å². The van der Waals surface area contributed by atoms with Crippen LogP contribution in [0.15, 0.2) is 30.5 Å². The van der Waals surface area contributed by atoms with Crippen LogP contribution in [0.25, 0.3) is 0 Å². The van der Waals surface area contributed by atoms with Gasteiger partial charge in [-0.3, -0.25) is 9.69 Å². The van der Waals surface area contributed by atoms with Crippen LogP contribution in [0.2, 0.25) is 4.47 Å². The van der Waals surface area contributed by atoms with Gasteiger partial charge in [0, 0.05) is 23.3 Å². The summed E-state index contributed by atoms with van der Waals surface area (Å²) in [6.07, 6.45) is 3.46. The maximum absolute atomic E-state index is 12.4. The molecule has 1 atom stereocenters. The van der Waals surface area contributed by atoms with Crippen LogP contribution in [0.3, 0.4) is 0 Å². The highest BCUT2D eigenvalue weighted by atomic mass is 35.5. The molecule has 130 valence electrons. The third-order valence-corrected chi connectivity index (χ3v) is 5.68. The maximum Gasteiger partial charge on any atom is 0.327 e. The van der Waals surface area contributed by atoms with Crippen LogP contribution in [0.5, 0.6) is 0 Å². The van der Waals surface area contributed by atoms with E-state index in [1.807, 2.05) is 24.3 Å². The van der Waals surface area contributed by atoms with Crippen molar-refractivity contribution in [1.29, 1.82) is 0 Å². The molecule has 2 fully saturated rings. The second-order valence-corrected chi connectivity index (χ2v) is 7.89. The first-order chi connectivity index (χ1) is 12.1. The summed E-state index contributed by atoms with van der Waals surface area (Å²) in [6.45, 7) is 1.68. The van der Waals surface area contributed by atoms with Gasteiger partial charge in [0.15, 0.2) is 4.47 Å². The summed E-state index contributed by atoms with van der Waals surface area (Å²) in [7, 11) is 0. The lowest BCUT2D eigenvalue weighted by Gasteiger charge is -2.16. The summed E-state index contributed by atoms with van der Waals surface area (Å²) in [6, 6.07) is 7.38. The zero-order valence-electron chi connectivity index (χ0n) is 13.4. The van der Waals surface area contributed by atoms with Crippen molar-refractivity contribution in [3.63, 3.8) is 0 Å². The van der Waals surface area contributed by atoms with Crippen molar-refractivity contribution in [1.82, 2.24) is 14.8 Å². The Hall–Kier alpha value is -2.12. The Morgan fingerprint density at radius 3 is 2.76 bits per heavy atom. The van der Waals surface area contributed by atoms with Gasteiger partial charge in [-0.2, -0.15) is 0 Å². The van der Waals surface area contributed by atoms with Gasteiger partial charge in [-0.1, -0.05) is 23.7 Å². The van der Waals surface area contributed by atoms with E-state index >= 15 is 0 Å². The number of aromatic nitrogens is 1. The first-order valence-electron chi connectivity index (χ1n) is 8.17. The molecular formula is C17H17ClN4O2S. The summed E-state index contributed by atoms with van der Waals surface area (Å²) in [5, 5.41) is 3.30. The van der Waals surface area contributed by atoms with Crippen molar-refractivity contribution >= 4 is 40.6 Å². The smallest absolute Gasteiger partial charge is 0.327 e. The molecule has 0 aliphatic carbocycles. The number of nitrogens with one attached hydrogen (secondary N) is 1. The monoisotopic (exact) mass is 376 g/mol. The number of hydrogen-bond donors (Lipinski definition) is 1. The van der Waals surface area contributed by atoms with Crippen LogP contribution in [-0.2, 0) is 17.9 Å². The lowest BCUT2D eigenvalue weighted by atomic mass is 10.1. The summed E-state index contributed by atoms with van der Waals surface area (Å²) >= 11 is 7.26. The number of imide groups is 1. The standard InChI is InChI=1S/C17H17ClN4O2S/c18-16-20-9-13(25-16)8-19-12-5-3-11(4-6-12)10-22-15(23)14-2-1-7-21(14)17(22)24/h3-6,9,14,19H,1-2,7-8,10H2. The summed E-state index contributed by atoms with van der Waals surface area (Å²) in [4.78, 5) is 32.8. The van der Waals surface area contributed by atoms with Crippen LogP contribution in [-0.4, -0.2) is 39.3 Å². The van der Waals surface area contributed by atoms with Crippen LogP contribution < -0.4 is 5.32 Å². The Morgan fingerprint density at radius 1 is 1.28 bits per heavy atom. The number of urea groups is 1. The molecule has 0 bridgehead atoms. The Balaban J connectivity index is 1.37. The number of nitrogens with zero attached hydrogens (tertiary/aromatic N) is 3. The Bertz CT molecular complexity index is 785. The molecule has 2 aliphatic heterocycles. The van der Waals surface area contributed by atoms with Crippen LogP contribution >= 0.6 is 22.9 Å². The average Bonchev–Trinajstić information content (AvgIpc) is 3.30. The van der Waals surface area contributed by atoms with Crippen LogP contribution in [0, 0.1) is 0 Å². The number of hydrogen-bond acceptors (Lipinski definition) is 5. The molecule has 2 aromatic rings. The molecule has 8 heteroatoms. The quantitative estimate of drug-likeness (QED) is 0.813. The van der Waals surface area contributed by atoms with E-state index in [-0.39, 0.29) is 18.0 Å². The molecule has 1 unspecified atom stereocenters. The maximum atomic E-state index is 12.4. The fraction of sp³-hybridized carbons (Fsp3) is 0.353. The molecule has 1 N–H and O–H groups in total. The zero-order chi connectivity index (χ0) is 17.4. The summed E-state index contributed by atoms with van der Waals surface area (Å²) < 4.78 is 0.535. The summed E-state index contributed by atoms with van der Waals surface area (Å²) in [5.74, 6) is -0.0632. The molecule has 0 spiro atoms. The van der Waals surface area contributed by atoms with E-state index in [1.165, 1.54) is 16.2 Å². The molecule has 3 heterocycles. The fourth-order valence-corrected chi connectivity index (χ4v) is 4.21. The number of benzene rings is 1.